The fourth-order valence-corrected chi connectivity index (χ4v) is 3.87. The summed E-state index contributed by atoms with van der Waals surface area (Å²) in [5.41, 5.74) is 1.04. The van der Waals surface area contributed by atoms with Crippen LogP contribution in [-0.2, 0) is 6.54 Å². The molecule has 24 heavy (non-hydrogen) atoms. The number of aliphatic hydroxyl groups excluding tert-OH is 1. The summed E-state index contributed by atoms with van der Waals surface area (Å²) >= 11 is 0. The number of hydrogen-bond acceptors (Lipinski definition) is 3. The van der Waals surface area contributed by atoms with E-state index in [-0.39, 0.29) is 29.8 Å². The summed E-state index contributed by atoms with van der Waals surface area (Å²) in [7, 11) is 0. The molecule has 0 unspecified atom stereocenters. The van der Waals surface area contributed by atoms with Crippen LogP contribution in [0.25, 0.3) is 0 Å². The summed E-state index contributed by atoms with van der Waals surface area (Å²) < 4.78 is 0. The Bertz CT molecular complexity index is 527. The van der Waals surface area contributed by atoms with Crippen molar-refractivity contribution in [3.05, 3.63) is 35.9 Å². The van der Waals surface area contributed by atoms with Crippen molar-refractivity contribution >= 4 is 6.03 Å². The molecule has 2 rings (SSSR count). The predicted octanol–water partition coefficient (Wildman–Crippen LogP) is 2.50. The molecule has 1 aromatic rings. The number of carbonyl (C=O) groups excluding carboxylic acids is 1. The molecule has 5 nitrogen and oxygen atoms in total. The minimum atomic E-state index is -0.105. The molecular weight excluding hydrogens is 302 g/mol. The lowest BCUT2D eigenvalue weighted by Crippen LogP contribution is -2.63. The molecule has 0 aromatic heterocycles. The van der Waals surface area contributed by atoms with E-state index in [1.165, 1.54) is 0 Å². The number of nitrogens with zero attached hydrogens (tertiary/aromatic N) is 1. The van der Waals surface area contributed by atoms with Crippen molar-refractivity contribution in [3.8, 4) is 0 Å². The molecule has 1 saturated heterocycles. The van der Waals surface area contributed by atoms with Gasteiger partial charge in [0.1, 0.15) is 0 Å². The van der Waals surface area contributed by atoms with Crippen LogP contribution in [0, 0.1) is 0 Å². The molecule has 0 aliphatic carbocycles. The molecule has 3 N–H and O–H groups in total. The number of carbonyl (C=O) groups is 1. The minimum Gasteiger partial charge on any atom is -0.395 e. The summed E-state index contributed by atoms with van der Waals surface area (Å²) in [6.07, 6.45) is 1.78. The van der Waals surface area contributed by atoms with Crippen LogP contribution in [0.3, 0.4) is 0 Å². The second-order valence-corrected chi connectivity index (χ2v) is 8.08. The first kappa shape index (κ1) is 18.7. The van der Waals surface area contributed by atoms with Crippen LogP contribution in [0.2, 0.25) is 0 Å². The molecule has 1 aliphatic heterocycles. The van der Waals surface area contributed by atoms with Crippen LogP contribution in [-0.4, -0.2) is 46.3 Å². The molecule has 0 saturated carbocycles. The Morgan fingerprint density at radius 2 is 1.79 bits per heavy atom. The summed E-state index contributed by atoms with van der Waals surface area (Å²) in [4.78, 5) is 14.4. The lowest BCUT2D eigenvalue weighted by Gasteiger charge is -2.46. The Balaban J connectivity index is 2.02. The number of piperidine rings is 1. The van der Waals surface area contributed by atoms with Gasteiger partial charge in [0.25, 0.3) is 0 Å². The van der Waals surface area contributed by atoms with E-state index >= 15 is 0 Å². The van der Waals surface area contributed by atoms with Gasteiger partial charge in [-0.2, -0.15) is 0 Å². The van der Waals surface area contributed by atoms with Crippen molar-refractivity contribution in [3.63, 3.8) is 0 Å². The van der Waals surface area contributed by atoms with E-state index < -0.39 is 0 Å². The average Bonchev–Trinajstić information content (AvgIpc) is 2.44. The fraction of sp³-hybridized carbons (Fsp3) is 0.632. The number of rotatable bonds is 5. The van der Waals surface area contributed by atoms with Crippen LogP contribution >= 0.6 is 0 Å². The Morgan fingerprint density at radius 1 is 1.21 bits per heavy atom. The van der Waals surface area contributed by atoms with E-state index in [0.29, 0.717) is 13.1 Å². The lowest BCUT2D eigenvalue weighted by molar-refractivity contribution is 0.133. The smallest absolute Gasteiger partial charge is 0.317 e. The van der Waals surface area contributed by atoms with Gasteiger partial charge in [0.15, 0.2) is 0 Å². The Kier molecular flexibility index (Phi) is 5.88. The molecule has 0 atom stereocenters. The third-order valence-corrected chi connectivity index (χ3v) is 4.39. The van der Waals surface area contributed by atoms with Crippen LogP contribution in [0.1, 0.15) is 46.1 Å². The number of benzene rings is 1. The molecule has 1 aliphatic rings. The zero-order chi connectivity index (χ0) is 17.8. The molecule has 2 amide bonds. The third-order valence-electron chi connectivity index (χ3n) is 4.39. The van der Waals surface area contributed by atoms with Crippen LogP contribution in [0.5, 0.6) is 0 Å². The largest absolute Gasteiger partial charge is 0.395 e. The van der Waals surface area contributed by atoms with Gasteiger partial charge in [-0.15, -0.1) is 0 Å². The SMILES string of the molecule is CC1(C)CC(NC(=O)N(CCO)Cc2ccccc2)CC(C)(C)N1. The molecule has 134 valence electrons. The monoisotopic (exact) mass is 333 g/mol. The standard InChI is InChI=1S/C19H31N3O2/c1-18(2)12-16(13-19(3,4)21-18)20-17(24)22(10-11-23)14-15-8-6-5-7-9-15/h5-9,16,21,23H,10-14H2,1-4H3,(H,20,24). The van der Waals surface area contributed by atoms with Crippen molar-refractivity contribution in [2.75, 3.05) is 13.2 Å². The van der Waals surface area contributed by atoms with Crippen molar-refractivity contribution < 1.29 is 9.90 Å². The van der Waals surface area contributed by atoms with Gasteiger partial charge in [0, 0.05) is 30.2 Å². The Morgan fingerprint density at radius 3 is 2.33 bits per heavy atom. The van der Waals surface area contributed by atoms with Gasteiger partial charge in [-0.25, -0.2) is 4.79 Å². The molecule has 1 fully saturated rings. The van der Waals surface area contributed by atoms with Gasteiger partial charge in [-0.05, 0) is 46.1 Å². The number of hydrogen-bond donors (Lipinski definition) is 3. The molecule has 0 radical (unpaired) electrons. The number of aliphatic hydroxyl groups is 1. The normalized spacial score (nSPS) is 19.7. The highest BCUT2D eigenvalue weighted by Gasteiger charge is 2.38. The van der Waals surface area contributed by atoms with Crippen molar-refractivity contribution in [1.82, 2.24) is 15.5 Å². The van der Waals surface area contributed by atoms with Gasteiger partial charge in [0.2, 0.25) is 0 Å². The predicted molar refractivity (Wildman–Crippen MR) is 96.8 cm³/mol. The topological polar surface area (TPSA) is 64.6 Å². The van der Waals surface area contributed by atoms with Crippen LogP contribution < -0.4 is 10.6 Å². The average molecular weight is 333 g/mol. The maximum absolute atomic E-state index is 12.7. The first-order valence-electron chi connectivity index (χ1n) is 8.70. The number of amides is 2. The quantitative estimate of drug-likeness (QED) is 0.776. The van der Waals surface area contributed by atoms with Gasteiger partial charge >= 0.3 is 6.03 Å². The van der Waals surface area contributed by atoms with E-state index in [1.807, 2.05) is 30.3 Å². The maximum Gasteiger partial charge on any atom is 0.317 e. The van der Waals surface area contributed by atoms with Gasteiger partial charge in [-0.3, -0.25) is 0 Å². The summed E-state index contributed by atoms with van der Waals surface area (Å²) in [5.74, 6) is 0. The maximum atomic E-state index is 12.7. The number of urea groups is 1. The van der Waals surface area contributed by atoms with Gasteiger partial charge in [0.05, 0.1) is 6.61 Å². The molecule has 5 heteroatoms. The van der Waals surface area contributed by atoms with Crippen molar-refractivity contribution in [2.45, 2.75) is 64.2 Å². The molecule has 1 heterocycles. The number of nitrogens with one attached hydrogen (secondary N) is 2. The van der Waals surface area contributed by atoms with Crippen molar-refractivity contribution in [1.29, 1.82) is 0 Å². The zero-order valence-electron chi connectivity index (χ0n) is 15.3. The summed E-state index contributed by atoms with van der Waals surface area (Å²) in [5, 5.41) is 16.1. The zero-order valence-corrected chi connectivity index (χ0v) is 15.3. The van der Waals surface area contributed by atoms with Crippen LogP contribution in [0.4, 0.5) is 4.79 Å². The first-order valence-corrected chi connectivity index (χ1v) is 8.70. The minimum absolute atomic E-state index is 0.0130. The highest BCUT2D eigenvalue weighted by atomic mass is 16.3. The van der Waals surface area contributed by atoms with E-state index in [4.69, 9.17) is 0 Å². The molecule has 1 aromatic carbocycles. The highest BCUT2D eigenvalue weighted by molar-refractivity contribution is 5.74. The Labute approximate surface area is 145 Å². The molecular formula is C19H31N3O2. The molecule has 0 bridgehead atoms. The first-order chi connectivity index (χ1) is 11.2. The van der Waals surface area contributed by atoms with Crippen LogP contribution in [0.15, 0.2) is 30.3 Å². The second-order valence-electron chi connectivity index (χ2n) is 8.08. The third kappa shape index (κ3) is 5.49. The summed E-state index contributed by atoms with van der Waals surface area (Å²) in [6, 6.07) is 9.89. The van der Waals surface area contributed by atoms with Crippen molar-refractivity contribution in [2.24, 2.45) is 0 Å². The van der Waals surface area contributed by atoms with E-state index in [0.717, 1.165) is 18.4 Å². The Hall–Kier alpha value is -1.59. The fourth-order valence-electron chi connectivity index (χ4n) is 3.87. The lowest BCUT2D eigenvalue weighted by atomic mass is 9.80. The second kappa shape index (κ2) is 7.53. The molecule has 0 spiro atoms. The van der Waals surface area contributed by atoms with E-state index in [1.54, 1.807) is 4.90 Å². The van der Waals surface area contributed by atoms with Gasteiger partial charge in [-0.1, -0.05) is 30.3 Å². The van der Waals surface area contributed by atoms with Gasteiger partial charge < -0.3 is 20.6 Å². The summed E-state index contributed by atoms with van der Waals surface area (Å²) in [6.45, 7) is 9.48. The highest BCUT2D eigenvalue weighted by Crippen LogP contribution is 2.28. The van der Waals surface area contributed by atoms with E-state index in [2.05, 4.69) is 38.3 Å². The van der Waals surface area contributed by atoms with E-state index in [9.17, 15) is 9.90 Å².